The predicted molar refractivity (Wildman–Crippen MR) is 144 cm³/mol. The first-order valence-corrected chi connectivity index (χ1v) is 13.9. The molecule has 8 aliphatic rings. The summed E-state index contributed by atoms with van der Waals surface area (Å²) >= 11 is 0. The first kappa shape index (κ1) is 26.5. The fraction of sp³-hybridized carbons (Fsp3) is 0.438. The van der Waals surface area contributed by atoms with Crippen LogP contribution < -0.4 is 0 Å². The molecule has 5 bridgehead atoms. The quantitative estimate of drug-likeness (QED) is 0.296. The summed E-state index contributed by atoms with van der Waals surface area (Å²) in [4.78, 5) is 23.4. The van der Waals surface area contributed by atoms with Gasteiger partial charge in [-0.3, -0.25) is 0 Å². The molecule has 5 fully saturated rings. The monoisotopic (exact) mass is 565 g/mol. The Morgan fingerprint density at radius 1 is 1.10 bits per heavy atom. The van der Waals surface area contributed by atoms with Gasteiger partial charge in [-0.2, -0.15) is 20.7 Å². The number of ether oxygens (including phenoxy) is 2. The maximum Gasteiger partial charge on any atom is 0.328 e. The number of phenolic OH excluding ortho intramolecular Hbond substituents is 1. The summed E-state index contributed by atoms with van der Waals surface area (Å²) in [5.74, 6) is -2.30. The van der Waals surface area contributed by atoms with Gasteiger partial charge >= 0.3 is 5.97 Å². The van der Waals surface area contributed by atoms with Crippen molar-refractivity contribution in [1.82, 2.24) is 0 Å². The molecule has 2 N–H and O–H groups in total. The lowest BCUT2D eigenvalue weighted by molar-refractivity contribution is -0.647. The SMILES string of the molecule is COC12OOC13C1CC4CC3CC(C4)(C1)C1(C)OC(=C(C#N)C#N)C(C#N)=C1/C=C/c1cc(/C=C/C(=O)O)c(O)cc12. The number of nitriles is 3. The summed E-state index contributed by atoms with van der Waals surface area (Å²) in [7, 11) is 1.56. The zero-order valence-corrected chi connectivity index (χ0v) is 23.0. The van der Waals surface area contributed by atoms with E-state index in [9.17, 15) is 30.8 Å². The van der Waals surface area contributed by atoms with Crippen LogP contribution in [0, 0.1) is 57.2 Å². The minimum Gasteiger partial charge on any atom is -0.507 e. The van der Waals surface area contributed by atoms with Crippen molar-refractivity contribution >= 4 is 18.1 Å². The highest BCUT2D eigenvalue weighted by Gasteiger charge is 2.81. The Hall–Kier alpha value is -4.40. The summed E-state index contributed by atoms with van der Waals surface area (Å²) in [6.45, 7) is 1.96. The highest BCUT2D eigenvalue weighted by Crippen LogP contribution is 2.76. The Kier molecular flexibility index (Phi) is 5.40. The van der Waals surface area contributed by atoms with E-state index in [0.717, 1.165) is 25.3 Å². The molecule has 42 heavy (non-hydrogen) atoms. The van der Waals surface area contributed by atoms with Crippen molar-refractivity contribution < 1.29 is 34.3 Å². The van der Waals surface area contributed by atoms with Crippen LogP contribution in [0.1, 0.15) is 55.7 Å². The number of methoxy groups -OCH3 is 1. The highest BCUT2D eigenvalue weighted by atomic mass is 17.3. The minimum atomic E-state index is -1.34. The maximum atomic E-state index is 11.3. The zero-order valence-electron chi connectivity index (χ0n) is 23.0. The summed E-state index contributed by atoms with van der Waals surface area (Å²) in [5, 5.41) is 50.1. The number of carbonyl (C=O) groups is 1. The molecule has 4 atom stereocenters. The molecule has 4 unspecified atom stereocenters. The molecule has 0 aromatic heterocycles. The molecule has 4 saturated carbocycles. The molecule has 212 valence electrons. The van der Waals surface area contributed by atoms with Gasteiger partial charge in [0.25, 0.3) is 5.79 Å². The number of phenols is 1. The van der Waals surface area contributed by atoms with Gasteiger partial charge in [-0.15, -0.1) is 0 Å². The van der Waals surface area contributed by atoms with Gasteiger partial charge in [0.1, 0.15) is 35.1 Å². The molecule has 10 heteroatoms. The minimum absolute atomic E-state index is 0.00218. The molecule has 10 nitrogen and oxygen atoms in total. The van der Waals surface area contributed by atoms with Gasteiger partial charge in [-0.25, -0.2) is 9.68 Å². The predicted octanol–water partition coefficient (Wildman–Crippen LogP) is 4.75. The molecule has 2 aliphatic heterocycles. The second-order valence-electron chi connectivity index (χ2n) is 12.4. The van der Waals surface area contributed by atoms with Crippen LogP contribution >= 0.6 is 0 Å². The number of hydrogen-bond acceptors (Lipinski definition) is 9. The van der Waals surface area contributed by atoms with Crippen molar-refractivity contribution in [2.24, 2.45) is 23.2 Å². The van der Waals surface area contributed by atoms with Gasteiger partial charge in [0.2, 0.25) is 0 Å². The second-order valence-corrected chi connectivity index (χ2v) is 12.4. The molecule has 1 aromatic rings. The summed E-state index contributed by atoms with van der Waals surface area (Å²) < 4.78 is 12.9. The van der Waals surface area contributed by atoms with Gasteiger partial charge in [-0.05, 0) is 80.6 Å². The Morgan fingerprint density at radius 3 is 2.38 bits per heavy atom. The number of aliphatic carboxylic acids is 1. The van der Waals surface area contributed by atoms with Crippen LogP contribution in [0.3, 0.4) is 0 Å². The number of hydrogen-bond donors (Lipinski definition) is 2. The molecule has 1 aromatic carbocycles. The van der Waals surface area contributed by atoms with E-state index in [1.807, 2.05) is 19.1 Å². The van der Waals surface area contributed by atoms with Crippen LogP contribution in [0.2, 0.25) is 0 Å². The van der Waals surface area contributed by atoms with Gasteiger partial charge in [0.15, 0.2) is 16.9 Å². The molecule has 1 saturated heterocycles. The van der Waals surface area contributed by atoms with Crippen LogP contribution in [-0.4, -0.2) is 34.5 Å². The maximum absolute atomic E-state index is 11.3. The standard InChI is InChI=1S/C32H27N3O7/c1-29-24(23(16-35)28(40-29)20(14-33)15-34)5-3-18-9-19(4-6-27(37)38)26(36)10-25(18)32(39-2)31(41-42-32)21-7-17-8-22(31)13-30(29,11-17)12-21/h3-6,9-10,17,21-22,36H,7-8,11-13H2,1-2H3,(H,37,38)/b5-3+,6-4+. The lowest BCUT2D eigenvalue weighted by Crippen LogP contribution is -2.79. The summed E-state index contributed by atoms with van der Waals surface area (Å²) in [6.07, 6.45) is 9.76. The van der Waals surface area contributed by atoms with Gasteiger partial charge in [0.05, 0.1) is 0 Å². The Morgan fingerprint density at radius 2 is 1.81 bits per heavy atom. The molecular weight excluding hydrogens is 538 g/mol. The largest absolute Gasteiger partial charge is 0.507 e. The fourth-order valence-electron chi connectivity index (χ4n) is 9.23. The smallest absolute Gasteiger partial charge is 0.328 e. The van der Waals surface area contributed by atoms with Crippen LogP contribution in [0.5, 0.6) is 5.75 Å². The third-order valence-corrected chi connectivity index (χ3v) is 10.8. The number of nitrogens with zero attached hydrogens (tertiary/aromatic N) is 3. The number of rotatable bonds is 3. The van der Waals surface area contributed by atoms with Crippen molar-refractivity contribution in [3.63, 3.8) is 0 Å². The van der Waals surface area contributed by atoms with Gasteiger partial charge in [0, 0.05) is 35.3 Å². The van der Waals surface area contributed by atoms with E-state index in [1.165, 1.54) is 12.1 Å². The van der Waals surface area contributed by atoms with Gasteiger partial charge in [-0.1, -0.05) is 12.2 Å². The van der Waals surface area contributed by atoms with E-state index < -0.39 is 28.4 Å². The van der Waals surface area contributed by atoms with E-state index in [-0.39, 0.29) is 40.1 Å². The van der Waals surface area contributed by atoms with Gasteiger partial charge < -0.3 is 19.7 Å². The zero-order chi connectivity index (χ0) is 29.7. The molecule has 9 rings (SSSR count). The Labute approximate surface area is 241 Å². The van der Waals surface area contributed by atoms with E-state index in [4.69, 9.17) is 19.2 Å². The molecule has 2 heterocycles. The topological polar surface area (TPSA) is 166 Å². The number of carboxylic acids is 1. The molecule has 6 aliphatic carbocycles. The van der Waals surface area contributed by atoms with E-state index in [0.29, 0.717) is 35.5 Å². The number of aromatic hydroxyl groups is 1. The van der Waals surface area contributed by atoms with E-state index in [2.05, 4.69) is 6.07 Å². The second kappa shape index (κ2) is 8.56. The average molecular weight is 566 g/mol. The van der Waals surface area contributed by atoms with Crippen LogP contribution in [0.15, 0.2) is 46.8 Å². The average Bonchev–Trinajstić information content (AvgIpc) is 3.24. The Bertz CT molecular complexity index is 1680. The third-order valence-electron chi connectivity index (χ3n) is 10.8. The van der Waals surface area contributed by atoms with Crippen molar-refractivity contribution in [1.29, 1.82) is 15.8 Å². The summed E-state index contributed by atoms with van der Waals surface area (Å²) in [5.41, 5.74) is -0.488. The van der Waals surface area contributed by atoms with E-state index >= 15 is 0 Å². The number of benzene rings is 1. The lowest BCUT2D eigenvalue weighted by Gasteiger charge is -2.72. The van der Waals surface area contributed by atoms with E-state index in [1.54, 1.807) is 25.3 Å². The molecule has 0 radical (unpaired) electrons. The van der Waals surface area contributed by atoms with Crippen molar-refractivity contribution in [3.05, 3.63) is 63.5 Å². The van der Waals surface area contributed by atoms with Crippen LogP contribution in [0.25, 0.3) is 12.2 Å². The van der Waals surface area contributed by atoms with Crippen LogP contribution in [-0.2, 0) is 29.8 Å². The van der Waals surface area contributed by atoms with Crippen molar-refractivity contribution in [2.45, 2.75) is 56.0 Å². The summed E-state index contributed by atoms with van der Waals surface area (Å²) in [6, 6.07) is 9.19. The molecule has 2 spiro atoms. The third kappa shape index (κ3) is 2.98. The highest BCUT2D eigenvalue weighted by molar-refractivity contribution is 5.86. The lowest BCUT2D eigenvalue weighted by atomic mass is 9.39. The van der Waals surface area contributed by atoms with Crippen LogP contribution in [0.4, 0.5) is 0 Å². The first-order valence-electron chi connectivity index (χ1n) is 13.9. The van der Waals surface area contributed by atoms with Crippen molar-refractivity contribution in [3.8, 4) is 24.0 Å². The molecular formula is C32H27N3O7. The fourth-order valence-corrected chi connectivity index (χ4v) is 9.23. The van der Waals surface area contributed by atoms with Crippen molar-refractivity contribution in [2.75, 3.05) is 7.11 Å². The number of allylic oxidation sites excluding steroid dienone is 2. The normalized spacial score (nSPS) is 39.1. The number of carboxylic acid groups (broad SMARTS) is 1. The first-order chi connectivity index (χ1) is 20.1. The Balaban J connectivity index is 1.56. The molecule has 0 amide bonds.